The average Bonchev–Trinajstić information content (AvgIpc) is 2.69. The van der Waals surface area contributed by atoms with Gasteiger partial charge in [-0.1, -0.05) is 0 Å². The minimum Gasteiger partial charge on any atom is -0.265 e. The molecule has 3 heteroatoms. The highest BCUT2D eigenvalue weighted by Crippen LogP contribution is 2.35. The summed E-state index contributed by atoms with van der Waals surface area (Å²) in [6.45, 7) is 0. The maximum absolute atomic E-state index is 5.68. The number of hydrogen-bond donors (Lipinski definition) is 0. The Morgan fingerprint density at radius 3 is 3.10 bits per heavy atom. The number of rotatable bonds is 2. The van der Waals surface area contributed by atoms with Gasteiger partial charge in [-0.2, -0.15) is 5.10 Å². The molecule has 0 unspecified atom stereocenters. The molecule has 0 N–H and O–H groups in total. The summed E-state index contributed by atoms with van der Waals surface area (Å²) in [4.78, 5) is 0. The lowest BCUT2D eigenvalue weighted by atomic mass is 10.5. The molecule has 0 saturated heterocycles. The summed E-state index contributed by atoms with van der Waals surface area (Å²) in [6, 6.07) is 2.63. The van der Waals surface area contributed by atoms with Gasteiger partial charge < -0.3 is 0 Å². The lowest BCUT2D eigenvalue weighted by Gasteiger charge is -2.00. The van der Waals surface area contributed by atoms with Gasteiger partial charge in [-0.3, -0.25) is 4.68 Å². The summed E-state index contributed by atoms with van der Waals surface area (Å²) >= 11 is 5.68. The standard InChI is InChI=1S/C7H9ClN2/c8-5-7-3-4-9-10(7)6-1-2-6/h3-4,6H,1-2,5H2. The molecule has 1 aliphatic rings. The molecule has 1 aromatic heterocycles. The molecule has 1 aliphatic carbocycles. The fraction of sp³-hybridized carbons (Fsp3) is 0.571. The molecule has 1 aromatic rings. The van der Waals surface area contributed by atoms with Crippen molar-refractivity contribution in [1.82, 2.24) is 9.78 Å². The first-order valence-electron chi connectivity index (χ1n) is 3.50. The Labute approximate surface area is 64.8 Å². The molecule has 0 radical (unpaired) electrons. The second kappa shape index (κ2) is 2.27. The molecule has 0 aromatic carbocycles. The highest BCUT2D eigenvalue weighted by Gasteiger charge is 2.25. The van der Waals surface area contributed by atoms with Crippen molar-refractivity contribution >= 4 is 11.6 Å². The molecule has 2 rings (SSSR count). The first-order chi connectivity index (χ1) is 4.92. The molecule has 0 bridgehead atoms. The van der Waals surface area contributed by atoms with Crippen LogP contribution in [-0.2, 0) is 5.88 Å². The third-order valence-electron chi connectivity index (χ3n) is 1.78. The van der Waals surface area contributed by atoms with Crippen LogP contribution in [0.3, 0.4) is 0 Å². The van der Waals surface area contributed by atoms with Gasteiger partial charge >= 0.3 is 0 Å². The van der Waals surface area contributed by atoms with Crippen LogP contribution in [0.4, 0.5) is 0 Å². The van der Waals surface area contributed by atoms with E-state index in [0.29, 0.717) is 11.9 Å². The molecular weight excluding hydrogens is 148 g/mol. The molecule has 2 nitrogen and oxygen atoms in total. The van der Waals surface area contributed by atoms with E-state index in [4.69, 9.17) is 11.6 Å². The van der Waals surface area contributed by atoms with Crippen LogP contribution in [0.15, 0.2) is 12.3 Å². The van der Waals surface area contributed by atoms with Gasteiger partial charge in [0.1, 0.15) is 0 Å². The average molecular weight is 157 g/mol. The third-order valence-corrected chi connectivity index (χ3v) is 2.06. The van der Waals surface area contributed by atoms with Gasteiger partial charge in [0.2, 0.25) is 0 Å². The van der Waals surface area contributed by atoms with Crippen molar-refractivity contribution in [3.8, 4) is 0 Å². The van der Waals surface area contributed by atoms with Crippen molar-refractivity contribution in [3.63, 3.8) is 0 Å². The van der Waals surface area contributed by atoms with Crippen molar-refractivity contribution in [3.05, 3.63) is 18.0 Å². The van der Waals surface area contributed by atoms with Crippen molar-refractivity contribution in [1.29, 1.82) is 0 Å². The molecule has 0 atom stereocenters. The van der Waals surface area contributed by atoms with E-state index in [-0.39, 0.29) is 0 Å². The molecule has 1 saturated carbocycles. The fourth-order valence-electron chi connectivity index (χ4n) is 1.10. The lowest BCUT2D eigenvalue weighted by Crippen LogP contribution is -1.99. The zero-order valence-corrected chi connectivity index (χ0v) is 6.38. The Bertz CT molecular complexity index is 227. The van der Waals surface area contributed by atoms with Crippen LogP contribution in [0.1, 0.15) is 24.6 Å². The van der Waals surface area contributed by atoms with Crippen LogP contribution in [0.5, 0.6) is 0 Å². The summed E-state index contributed by atoms with van der Waals surface area (Å²) in [6.07, 6.45) is 4.35. The number of aromatic nitrogens is 2. The fourth-order valence-corrected chi connectivity index (χ4v) is 1.31. The molecule has 0 aliphatic heterocycles. The lowest BCUT2D eigenvalue weighted by molar-refractivity contribution is 0.619. The summed E-state index contributed by atoms with van der Waals surface area (Å²) in [5, 5.41) is 4.18. The highest BCUT2D eigenvalue weighted by molar-refractivity contribution is 6.16. The van der Waals surface area contributed by atoms with Gasteiger partial charge in [0.15, 0.2) is 0 Å². The molecule has 10 heavy (non-hydrogen) atoms. The quantitative estimate of drug-likeness (QED) is 0.599. The molecule has 54 valence electrons. The van der Waals surface area contributed by atoms with Gasteiger partial charge in [-0.05, 0) is 18.9 Å². The Kier molecular flexibility index (Phi) is 1.42. The number of nitrogens with zero attached hydrogens (tertiary/aromatic N) is 2. The smallest absolute Gasteiger partial charge is 0.0644 e. The predicted octanol–water partition coefficient (Wildman–Crippen LogP) is 1.96. The Morgan fingerprint density at radius 2 is 2.50 bits per heavy atom. The van der Waals surface area contributed by atoms with Crippen molar-refractivity contribution < 1.29 is 0 Å². The van der Waals surface area contributed by atoms with Crippen LogP contribution in [0.25, 0.3) is 0 Å². The zero-order valence-electron chi connectivity index (χ0n) is 5.63. The Balaban J connectivity index is 2.28. The van der Waals surface area contributed by atoms with Crippen LogP contribution < -0.4 is 0 Å². The van der Waals surface area contributed by atoms with Gasteiger partial charge in [-0.25, -0.2) is 0 Å². The predicted molar refractivity (Wildman–Crippen MR) is 40.1 cm³/mol. The van der Waals surface area contributed by atoms with E-state index in [1.165, 1.54) is 12.8 Å². The Morgan fingerprint density at radius 1 is 1.70 bits per heavy atom. The minimum absolute atomic E-state index is 0.580. The summed E-state index contributed by atoms with van der Waals surface area (Å²) in [5.74, 6) is 0.580. The largest absolute Gasteiger partial charge is 0.265 e. The van der Waals surface area contributed by atoms with E-state index in [1.54, 1.807) is 0 Å². The molecular formula is C7H9ClN2. The van der Waals surface area contributed by atoms with E-state index in [2.05, 4.69) is 5.10 Å². The van der Waals surface area contributed by atoms with Gasteiger partial charge in [0.05, 0.1) is 17.6 Å². The SMILES string of the molecule is ClCc1ccnn1C1CC1. The maximum atomic E-state index is 5.68. The molecule has 0 spiro atoms. The van der Waals surface area contributed by atoms with Crippen molar-refractivity contribution in [2.24, 2.45) is 0 Å². The molecule has 1 fully saturated rings. The van der Waals surface area contributed by atoms with Crippen LogP contribution in [0, 0.1) is 0 Å². The second-order valence-electron chi connectivity index (χ2n) is 2.63. The summed E-state index contributed by atoms with van der Waals surface area (Å²) in [7, 11) is 0. The normalized spacial score (nSPS) is 17.7. The van der Waals surface area contributed by atoms with E-state index < -0.39 is 0 Å². The number of alkyl halides is 1. The van der Waals surface area contributed by atoms with Gasteiger partial charge in [0, 0.05) is 6.20 Å². The summed E-state index contributed by atoms with van der Waals surface area (Å²) < 4.78 is 2.03. The zero-order chi connectivity index (χ0) is 6.97. The third kappa shape index (κ3) is 0.926. The first kappa shape index (κ1) is 6.23. The first-order valence-corrected chi connectivity index (χ1v) is 4.03. The maximum Gasteiger partial charge on any atom is 0.0644 e. The highest BCUT2D eigenvalue weighted by atomic mass is 35.5. The van der Waals surface area contributed by atoms with E-state index in [0.717, 1.165) is 5.69 Å². The van der Waals surface area contributed by atoms with Crippen LogP contribution in [-0.4, -0.2) is 9.78 Å². The summed E-state index contributed by atoms with van der Waals surface area (Å²) in [5.41, 5.74) is 1.14. The monoisotopic (exact) mass is 156 g/mol. The van der Waals surface area contributed by atoms with Gasteiger partial charge in [0.25, 0.3) is 0 Å². The van der Waals surface area contributed by atoms with E-state index in [1.807, 2.05) is 16.9 Å². The van der Waals surface area contributed by atoms with E-state index in [9.17, 15) is 0 Å². The topological polar surface area (TPSA) is 17.8 Å². The molecule has 1 heterocycles. The Hall–Kier alpha value is -0.500. The second-order valence-corrected chi connectivity index (χ2v) is 2.90. The molecule has 0 amide bonds. The van der Waals surface area contributed by atoms with Crippen LogP contribution in [0.2, 0.25) is 0 Å². The van der Waals surface area contributed by atoms with Gasteiger partial charge in [-0.15, -0.1) is 11.6 Å². The minimum atomic E-state index is 0.580. The van der Waals surface area contributed by atoms with Crippen LogP contribution >= 0.6 is 11.6 Å². The number of hydrogen-bond acceptors (Lipinski definition) is 1. The van der Waals surface area contributed by atoms with Crippen molar-refractivity contribution in [2.45, 2.75) is 24.8 Å². The van der Waals surface area contributed by atoms with Crippen molar-refractivity contribution in [2.75, 3.05) is 0 Å². The number of halogens is 1. The van der Waals surface area contributed by atoms with E-state index >= 15 is 0 Å².